The average Bonchev–Trinajstić information content (AvgIpc) is 2.66. The van der Waals surface area contributed by atoms with Gasteiger partial charge in [0.15, 0.2) is 6.61 Å². The molecule has 0 saturated heterocycles. The van der Waals surface area contributed by atoms with Gasteiger partial charge >= 0.3 is 5.97 Å². The van der Waals surface area contributed by atoms with Crippen LogP contribution in [0.15, 0.2) is 47.6 Å². The zero-order valence-corrected chi connectivity index (χ0v) is 16.9. The fraction of sp³-hybridized carbons (Fsp3) is 0.278. The number of hydrogen-bond acceptors (Lipinski definition) is 7. The van der Waals surface area contributed by atoms with Crippen molar-refractivity contribution in [3.63, 3.8) is 0 Å². The fourth-order valence-electron chi connectivity index (χ4n) is 2.27. The van der Waals surface area contributed by atoms with Crippen molar-refractivity contribution in [2.24, 2.45) is 0 Å². The summed E-state index contributed by atoms with van der Waals surface area (Å²) in [6.07, 6.45) is 2.88. The van der Waals surface area contributed by atoms with E-state index >= 15 is 0 Å². The Morgan fingerprint density at radius 1 is 1.07 bits per heavy atom. The van der Waals surface area contributed by atoms with E-state index in [2.05, 4.69) is 10.3 Å². The molecule has 0 fully saturated rings. The maximum atomic E-state index is 12.3. The summed E-state index contributed by atoms with van der Waals surface area (Å²) in [4.78, 5) is 29.7. The highest BCUT2D eigenvalue weighted by Crippen LogP contribution is 2.28. The highest BCUT2D eigenvalue weighted by molar-refractivity contribution is 7.89. The minimum Gasteiger partial charge on any atom is -0.452 e. The predicted octanol–water partition coefficient (Wildman–Crippen LogP) is 1.19. The summed E-state index contributed by atoms with van der Waals surface area (Å²) < 4.78 is 30.8. The Morgan fingerprint density at radius 3 is 2.29 bits per heavy atom. The molecule has 1 aromatic carbocycles. The predicted molar refractivity (Wildman–Crippen MR) is 105 cm³/mol. The number of pyridine rings is 1. The van der Waals surface area contributed by atoms with Crippen LogP contribution in [-0.4, -0.2) is 64.4 Å². The normalized spacial score (nSPS) is 11.2. The third-order valence-electron chi connectivity index (χ3n) is 3.75. The molecule has 0 aliphatic carbocycles. The second-order valence-corrected chi connectivity index (χ2v) is 8.37. The monoisotopic (exact) mass is 406 g/mol. The number of benzene rings is 1. The summed E-state index contributed by atoms with van der Waals surface area (Å²) >= 11 is 0. The first-order valence-electron chi connectivity index (χ1n) is 8.24. The highest BCUT2D eigenvalue weighted by atomic mass is 32.2. The van der Waals surface area contributed by atoms with Gasteiger partial charge in [0.2, 0.25) is 10.0 Å². The lowest BCUT2D eigenvalue weighted by atomic mass is 10.2. The molecule has 0 radical (unpaired) electrons. The van der Waals surface area contributed by atoms with Crippen molar-refractivity contribution in [2.75, 3.05) is 45.0 Å². The Labute approximate surface area is 164 Å². The quantitative estimate of drug-likeness (QED) is 0.688. The van der Waals surface area contributed by atoms with E-state index in [0.717, 1.165) is 4.31 Å². The van der Waals surface area contributed by atoms with E-state index in [-0.39, 0.29) is 16.1 Å². The lowest BCUT2D eigenvalue weighted by Gasteiger charge is -2.20. The molecule has 0 saturated carbocycles. The molecule has 1 aromatic heterocycles. The standard InChI is InChI=1S/C18H22N4O5S/c1-21(2)16-6-5-14(28(25,26)22(3)4)11-15(16)20-17(23)12-27-18(24)13-7-9-19-10-8-13/h5-11H,12H2,1-4H3,(H,20,23). The number of aromatic nitrogens is 1. The van der Waals surface area contributed by atoms with Crippen molar-refractivity contribution in [3.05, 3.63) is 48.3 Å². The third-order valence-corrected chi connectivity index (χ3v) is 5.56. The van der Waals surface area contributed by atoms with Crippen LogP contribution in [0.4, 0.5) is 11.4 Å². The number of ether oxygens (including phenoxy) is 1. The summed E-state index contributed by atoms with van der Waals surface area (Å²) in [7, 11) is 2.70. The molecule has 2 aromatic rings. The van der Waals surface area contributed by atoms with E-state index in [1.807, 2.05) is 0 Å². The van der Waals surface area contributed by atoms with Gasteiger partial charge in [-0.1, -0.05) is 0 Å². The van der Waals surface area contributed by atoms with E-state index in [4.69, 9.17) is 4.74 Å². The molecule has 1 N–H and O–H groups in total. The molecule has 0 spiro atoms. The third kappa shape index (κ3) is 5.05. The zero-order valence-electron chi connectivity index (χ0n) is 16.0. The van der Waals surface area contributed by atoms with E-state index in [1.165, 1.54) is 50.8 Å². The number of carbonyl (C=O) groups excluding carboxylic acids is 2. The number of nitrogens with zero attached hydrogens (tertiary/aromatic N) is 3. The molecule has 0 atom stereocenters. The average molecular weight is 406 g/mol. The van der Waals surface area contributed by atoms with Gasteiger partial charge in [-0.15, -0.1) is 0 Å². The summed E-state index contributed by atoms with van der Waals surface area (Å²) in [5.41, 5.74) is 1.17. The molecule has 2 rings (SSSR count). The van der Waals surface area contributed by atoms with Gasteiger partial charge in [0, 0.05) is 40.6 Å². The lowest BCUT2D eigenvalue weighted by molar-refractivity contribution is -0.119. The second-order valence-electron chi connectivity index (χ2n) is 6.22. The van der Waals surface area contributed by atoms with Gasteiger partial charge < -0.3 is 15.0 Å². The molecule has 0 bridgehead atoms. The molecule has 0 aliphatic rings. The summed E-state index contributed by atoms with van der Waals surface area (Å²) in [5, 5.41) is 2.60. The maximum absolute atomic E-state index is 12.3. The smallest absolute Gasteiger partial charge is 0.338 e. The van der Waals surface area contributed by atoms with Crippen LogP contribution in [-0.2, 0) is 19.6 Å². The number of sulfonamides is 1. The molecule has 10 heteroatoms. The zero-order chi connectivity index (χ0) is 20.9. The van der Waals surface area contributed by atoms with Gasteiger partial charge in [-0.3, -0.25) is 9.78 Å². The van der Waals surface area contributed by atoms with Crippen molar-refractivity contribution in [1.29, 1.82) is 0 Å². The van der Waals surface area contributed by atoms with Gasteiger partial charge in [-0.25, -0.2) is 17.5 Å². The Bertz CT molecular complexity index is 959. The van der Waals surface area contributed by atoms with Gasteiger partial charge in [-0.2, -0.15) is 0 Å². The topological polar surface area (TPSA) is 109 Å². The van der Waals surface area contributed by atoms with Crippen molar-refractivity contribution >= 4 is 33.3 Å². The van der Waals surface area contributed by atoms with Crippen LogP contribution in [0.5, 0.6) is 0 Å². The highest BCUT2D eigenvalue weighted by Gasteiger charge is 2.20. The first-order chi connectivity index (χ1) is 13.1. The number of hydrogen-bond donors (Lipinski definition) is 1. The van der Waals surface area contributed by atoms with Crippen LogP contribution in [0.25, 0.3) is 0 Å². The first-order valence-corrected chi connectivity index (χ1v) is 9.68. The SMILES string of the molecule is CN(C)c1ccc(S(=O)(=O)N(C)C)cc1NC(=O)COC(=O)c1ccncc1. The van der Waals surface area contributed by atoms with Crippen molar-refractivity contribution in [3.8, 4) is 0 Å². The number of amides is 1. The van der Waals surface area contributed by atoms with E-state index in [9.17, 15) is 18.0 Å². The van der Waals surface area contributed by atoms with Gasteiger partial charge in [0.25, 0.3) is 5.91 Å². The van der Waals surface area contributed by atoms with E-state index < -0.39 is 28.5 Å². The van der Waals surface area contributed by atoms with E-state index in [1.54, 1.807) is 25.1 Å². The minimum absolute atomic E-state index is 0.0344. The Hall–Kier alpha value is -2.98. The van der Waals surface area contributed by atoms with Crippen LogP contribution in [0.3, 0.4) is 0 Å². The molecule has 150 valence electrons. The van der Waals surface area contributed by atoms with Crippen molar-refractivity contribution in [2.45, 2.75) is 4.90 Å². The first kappa shape index (κ1) is 21.3. The lowest BCUT2D eigenvalue weighted by Crippen LogP contribution is -2.24. The second kappa shape index (κ2) is 8.81. The molecule has 0 unspecified atom stereocenters. The summed E-state index contributed by atoms with van der Waals surface area (Å²) in [6.45, 7) is -0.515. The molecular formula is C18H22N4O5S. The van der Waals surface area contributed by atoms with Crippen molar-refractivity contribution in [1.82, 2.24) is 9.29 Å². The van der Waals surface area contributed by atoms with Gasteiger partial charge in [0.05, 0.1) is 21.8 Å². The van der Waals surface area contributed by atoms with Crippen LogP contribution in [0.1, 0.15) is 10.4 Å². The van der Waals surface area contributed by atoms with Gasteiger partial charge in [0.1, 0.15) is 0 Å². The molecule has 1 amide bonds. The van der Waals surface area contributed by atoms with Crippen LogP contribution in [0.2, 0.25) is 0 Å². The number of nitrogens with one attached hydrogen (secondary N) is 1. The molecule has 0 aliphatic heterocycles. The Morgan fingerprint density at radius 2 is 1.71 bits per heavy atom. The number of esters is 1. The molecular weight excluding hydrogens is 384 g/mol. The largest absolute Gasteiger partial charge is 0.452 e. The van der Waals surface area contributed by atoms with E-state index in [0.29, 0.717) is 5.69 Å². The minimum atomic E-state index is -3.67. The Kier molecular flexibility index (Phi) is 6.71. The molecule has 28 heavy (non-hydrogen) atoms. The Balaban J connectivity index is 2.17. The van der Waals surface area contributed by atoms with Crippen LogP contribution < -0.4 is 10.2 Å². The van der Waals surface area contributed by atoms with Gasteiger partial charge in [-0.05, 0) is 30.3 Å². The maximum Gasteiger partial charge on any atom is 0.338 e. The van der Waals surface area contributed by atoms with Crippen LogP contribution >= 0.6 is 0 Å². The number of anilines is 2. The number of carbonyl (C=O) groups is 2. The van der Waals surface area contributed by atoms with Crippen molar-refractivity contribution < 1.29 is 22.7 Å². The summed E-state index contributed by atoms with van der Waals surface area (Å²) in [6, 6.07) is 7.37. The number of rotatable bonds is 7. The summed E-state index contributed by atoms with van der Waals surface area (Å²) in [5.74, 6) is -1.25. The fourth-order valence-corrected chi connectivity index (χ4v) is 3.19. The molecule has 9 nitrogen and oxygen atoms in total. The van der Waals surface area contributed by atoms with Crippen LogP contribution in [0, 0.1) is 0 Å². The molecule has 1 heterocycles.